The molecule has 0 atom stereocenters. The van der Waals surface area contributed by atoms with Gasteiger partial charge in [-0.1, -0.05) is 6.07 Å². The minimum atomic E-state index is 0.736. The number of hydrogen-bond donors (Lipinski definition) is 1. The first-order valence-corrected chi connectivity index (χ1v) is 4.88. The molecule has 2 heteroatoms. The van der Waals surface area contributed by atoms with Gasteiger partial charge in [-0.15, -0.1) is 0 Å². The van der Waals surface area contributed by atoms with Crippen molar-refractivity contribution in [2.45, 2.75) is 32.1 Å². The predicted octanol–water partition coefficient (Wildman–Crippen LogP) is 2.29. The van der Waals surface area contributed by atoms with Crippen molar-refractivity contribution >= 4 is 5.69 Å². The van der Waals surface area contributed by atoms with Gasteiger partial charge in [-0.3, -0.25) is 0 Å². The maximum Gasteiger partial charge on any atom is 0.0725 e. The Labute approximate surface area is 77.9 Å². The summed E-state index contributed by atoms with van der Waals surface area (Å²) in [4.78, 5) is 0. The van der Waals surface area contributed by atoms with Crippen LogP contribution in [0, 0.1) is 0 Å². The van der Waals surface area contributed by atoms with E-state index in [4.69, 9.17) is 4.74 Å². The molecule has 0 amide bonds. The van der Waals surface area contributed by atoms with Gasteiger partial charge < -0.3 is 10.1 Å². The lowest BCUT2D eigenvalue weighted by Gasteiger charge is -2.05. The summed E-state index contributed by atoms with van der Waals surface area (Å²) >= 11 is 0. The van der Waals surface area contributed by atoms with E-state index in [-0.39, 0.29) is 0 Å². The fourth-order valence-corrected chi connectivity index (χ4v) is 1.73. The largest absolute Gasteiger partial charge is 0.382 e. The second-order valence-corrected chi connectivity index (χ2v) is 3.89. The number of benzene rings is 1. The highest BCUT2D eigenvalue weighted by atomic mass is 16.5. The van der Waals surface area contributed by atoms with E-state index >= 15 is 0 Å². The number of hydrogen-bond acceptors (Lipinski definition) is 2. The number of nitrogens with one attached hydrogen (secondary N) is 1. The molecule has 68 valence electrons. The van der Waals surface area contributed by atoms with Gasteiger partial charge in [0.1, 0.15) is 0 Å². The Hall–Kier alpha value is -1.02. The number of rotatable bonds is 2. The van der Waals surface area contributed by atoms with E-state index in [1.54, 1.807) is 0 Å². The zero-order valence-electron chi connectivity index (χ0n) is 7.55. The fraction of sp³-hybridized carbons (Fsp3) is 0.455. The molecule has 0 spiro atoms. The molecule has 1 fully saturated rings. The van der Waals surface area contributed by atoms with E-state index in [1.165, 1.54) is 29.7 Å². The molecule has 0 saturated heterocycles. The van der Waals surface area contributed by atoms with E-state index in [0.29, 0.717) is 0 Å². The zero-order chi connectivity index (χ0) is 8.67. The van der Waals surface area contributed by atoms with Crippen molar-refractivity contribution in [3.8, 4) is 0 Å². The van der Waals surface area contributed by atoms with Crippen LogP contribution in [0.5, 0.6) is 0 Å². The summed E-state index contributed by atoms with van der Waals surface area (Å²) in [6.45, 7) is 1.58. The van der Waals surface area contributed by atoms with E-state index in [2.05, 4.69) is 23.5 Å². The van der Waals surface area contributed by atoms with Crippen LogP contribution in [0.15, 0.2) is 18.2 Å². The number of fused-ring (bicyclic) bond motifs is 1. The topological polar surface area (TPSA) is 21.3 Å². The zero-order valence-corrected chi connectivity index (χ0v) is 7.55. The summed E-state index contributed by atoms with van der Waals surface area (Å²) in [5.74, 6) is 0. The van der Waals surface area contributed by atoms with Crippen molar-refractivity contribution in [3.05, 3.63) is 29.3 Å². The van der Waals surface area contributed by atoms with Crippen molar-refractivity contribution in [3.63, 3.8) is 0 Å². The highest BCUT2D eigenvalue weighted by Crippen LogP contribution is 2.28. The average molecular weight is 175 g/mol. The molecule has 1 aromatic rings. The van der Waals surface area contributed by atoms with Crippen molar-refractivity contribution in [2.24, 2.45) is 0 Å². The predicted molar refractivity (Wildman–Crippen MR) is 51.6 cm³/mol. The molecule has 13 heavy (non-hydrogen) atoms. The Kier molecular flexibility index (Phi) is 1.56. The minimum absolute atomic E-state index is 0.736. The first-order chi connectivity index (χ1) is 6.42. The lowest BCUT2D eigenvalue weighted by atomic mass is 10.1. The Morgan fingerprint density at radius 3 is 2.85 bits per heavy atom. The van der Waals surface area contributed by atoms with E-state index in [1.807, 2.05) is 0 Å². The molecular weight excluding hydrogens is 162 g/mol. The van der Waals surface area contributed by atoms with Crippen LogP contribution in [0.4, 0.5) is 5.69 Å². The van der Waals surface area contributed by atoms with Gasteiger partial charge >= 0.3 is 0 Å². The molecule has 1 saturated carbocycles. The van der Waals surface area contributed by atoms with Crippen LogP contribution in [0.25, 0.3) is 0 Å². The monoisotopic (exact) mass is 175 g/mol. The summed E-state index contributed by atoms with van der Waals surface area (Å²) in [5, 5.41) is 3.49. The highest BCUT2D eigenvalue weighted by Gasteiger charge is 2.21. The third kappa shape index (κ3) is 1.42. The van der Waals surface area contributed by atoms with Crippen LogP contribution in [0.3, 0.4) is 0 Å². The molecule has 2 nitrogen and oxygen atoms in total. The molecule has 1 aliphatic carbocycles. The maximum absolute atomic E-state index is 5.36. The Bertz CT molecular complexity index is 331. The molecule has 1 N–H and O–H groups in total. The lowest BCUT2D eigenvalue weighted by molar-refractivity contribution is 0.134. The molecule has 0 unspecified atom stereocenters. The van der Waals surface area contributed by atoms with Crippen LogP contribution in [0.1, 0.15) is 24.0 Å². The molecule has 2 aliphatic rings. The summed E-state index contributed by atoms with van der Waals surface area (Å²) in [5.41, 5.74) is 3.96. The van der Waals surface area contributed by atoms with Crippen LogP contribution in [0.2, 0.25) is 0 Å². The Morgan fingerprint density at radius 2 is 2.00 bits per heavy atom. The van der Waals surface area contributed by atoms with Crippen molar-refractivity contribution < 1.29 is 4.74 Å². The van der Waals surface area contributed by atoms with Crippen LogP contribution < -0.4 is 5.32 Å². The number of anilines is 1. The second-order valence-electron chi connectivity index (χ2n) is 3.89. The first-order valence-electron chi connectivity index (χ1n) is 4.88. The third-order valence-corrected chi connectivity index (χ3v) is 2.67. The van der Waals surface area contributed by atoms with Gasteiger partial charge in [0.2, 0.25) is 0 Å². The summed E-state index contributed by atoms with van der Waals surface area (Å²) < 4.78 is 5.36. The standard InChI is InChI=1S/C11H13NO/c1-2-11(12-10-3-4-10)5-9-7-13-6-8(1)9/h1-2,5,10,12H,3-4,6-7H2. The maximum atomic E-state index is 5.36. The average Bonchev–Trinajstić information content (AvgIpc) is 2.83. The summed E-state index contributed by atoms with van der Waals surface area (Å²) in [6, 6.07) is 7.29. The van der Waals surface area contributed by atoms with Gasteiger partial charge in [-0.25, -0.2) is 0 Å². The van der Waals surface area contributed by atoms with Gasteiger partial charge in [-0.2, -0.15) is 0 Å². The molecule has 1 heterocycles. The van der Waals surface area contributed by atoms with Gasteiger partial charge in [0.25, 0.3) is 0 Å². The van der Waals surface area contributed by atoms with Crippen LogP contribution in [-0.2, 0) is 18.0 Å². The highest BCUT2D eigenvalue weighted by molar-refractivity contribution is 5.50. The quantitative estimate of drug-likeness (QED) is 0.744. The van der Waals surface area contributed by atoms with Crippen LogP contribution in [-0.4, -0.2) is 6.04 Å². The SMILES string of the molecule is c1cc2c(cc1NC1CC1)COC2. The van der Waals surface area contributed by atoms with Crippen molar-refractivity contribution in [2.75, 3.05) is 5.32 Å². The van der Waals surface area contributed by atoms with E-state index in [0.717, 1.165) is 19.3 Å². The van der Waals surface area contributed by atoms with Crippen LogP contribution >= 0.6 is 0 Å². The third-order valence-electron chi connectivity index (χ3n) is 2.67. The molecule has 1 aliphatic heterocycles. The Balaban J connectivity index is 1.86. The molecule has 0 aromatic heterocycles. The molecule has 3 rings (SSSR count). The number of ether oxygens (including phenoxy) is 1. The normalized spacial score (nSPS) is 20.0. The summed E-state index contributed by atoms with van der Waals surface area (Å²) in [6.07, 6.45) is 2.65. The van der Waals surface area contributed by atoms with Gasteiger partial charge in [0.15, 0.2) is 0 Å². The summed E-state index contributed by atoms with van der Waals surface area (Å²) in [7, 11) is 0. The van der Waals surface area contributed by atoms with Gasteiger partial charge in [0.05, 0.1) is 13.2 Å². The van der Waals surface area contributed by atoms with E-state index < -0.39 is 0 Å². The van der Waals surface area contributed by atoms with Gasteiger partial charge in [-0.05, 0) is 36.1 Å². The van der Waals surface area contributed by atoms with Crippen molar-refractivity contribution in [1.29, 1.82) is 0 Å². The molecule has 0 bridgehead atoms. The lowest BCUT2D eigenvalue weighted by Crippen LogP contribution is -2.00. The van der Waals surface area contributed by atoms with E-state index in [9.17, 15) is 0 Å². The molecular formula is C11H13NO. The van der Waals surface area contributed by atoms with Crippen molar-refractivity contribution in [1.82, 2.24) is 0 Å². The second kappa shape index (κ2) is 2.74. The first kappa shape index (κ1) is 7.39. The smallest absolute Gasteiger partial charge is 0.0725 e. The molecule has 0 radical (unpaired) electrons. The molecule has 1 aromatic carbocycles. The Morgan fingerprint density at radius 1 is 1.15 bits per heavy atom. The van der Waals surface area contributed by atoms with Gasteiger partial charge in [0, 0.05) is 11.7 Å². The minimum Gasteiger partial charge on any atom is -0.382 e. The fourth-order valence-electron chi connectivity index (χ4n) is 1.73.